The lowest BCUT2D eigenvalue weighted by Crippen LogP contribution is -2.11. The molecule has 0 fully saturated rings. The lowest BCUT2D eigenvalue weighted by Gasteiger charge is -2.14. The van der Waals surface area contributed by atoms with Crippen LogP contribution in [0.25, 0.3) is 11.4 Å². The first-order valence-electron chi connectivity index (χ1n) is 8.49. The van der Waals surface area contributed by atoms with Gasteiger partial charge in [0, 0.05) is 18.6 Å². The van der Waals surface area contributed by atoms with E-state index in [1.807, 2.05) is 26.0 Å². The van der Waals surface area contributed by atoms with Crippen LogP contribution in [0.4, 0.5) is 4.39 Å². The number of halogens is 1. The average Bonchev–Trinajstić information content (AvgIpc) is 3.07. The maximum Gasteiger partial charge on any atom is 0.223 e. The molecule has 27 heavy (non-hydrogen) atoms. The van der Waals surface area contributed by atoms with E-state index < -0.39 is 5.82 Å². The molecular formula is C20H21FN2O4. The summed E-state index contributed by atoms with van der Waals surface area (Å²) in [6.07, 6.45) is 0. The van der Waals surface area contributed by atoms with Crippen LogP contribution < -0.4 is 14.2 Å². The van der Waals surface area contributed by atoms with E-state index in [0.29, 0.717) is 17.5 Å². The van der Waals surface area contributed by atoms with E-state index in [-0.39, 0.29) is 19.0 Å². The van der Waals surface area contributed by atoms with Crippen molar-refractivity contribution in [1.82, 2.24) is 10.1 Å². The Kier molecular flexibility index (Phi) is 5.59. The molecule has 6 nitrogen and oxygen atoms in total. The summed E-state index contributed by atoms with van der Waals surface area (Å²) >= 11 is 0. The van der Waals surface area contributed by atoms with Crippen LogP contribution in [0.1, 0.15) is 17.0 Å². The van der Waals surface area contributed by atoms with Gasteiger partial charge in [0.05, 0.1) is 7.11 Å². The third-order valence-corrected chi connectivity index (χ3v) is 3.97. The van der Waals surface area contributed by atoms with Crippen molar-refractivity contribution in [3.8, 4) is 28.6 Å². The third-order valence-electron chi connectivity index (χ3n) is 3.97. The van der Waals surface area contributed by atoms with Gasteiger partial charge in [0.2, 0.25) is 11.7 Å². The molecule has 0 N–H and O–H groups in total. The predicted molar refractivity (Wildman–Crippen MR) is 97.9 cm³/mol. The molecule has 0 aliphatic rings. The number of hydrogen-bond acceptors (Lipinski definition) is 6. The summed E-state index contributed by atoms with van der Waals surface area (Å²) in [5, 5.41) is 3.94. The molecule has 7 heteroatoms. The summed E-state index contributed by atoms with van der Waals surface area (Å²) in [6.45, 7) is 6.15. The molecule has 0 aliphatic carbocycles. The second kappa shape index (κ2) is 8.07. The monoisotopic (exact) mass is 372 g/mol. The average molecular weight is 372 g/mol. The summed E-state index contributed by atoms with van der Waals surface area (Å²) in [5.74, 6) is 1.96. The Labute approximate surface area is 156 Å². The van der Waals surface area contributed by atoms with Gasteiger partial charge in [-0.05, 0) is 49.2 Å². The number of rotatable bonds is 7. The van der Waals surface area contributed by atoms with Crippen LogP contribution in [-0.2, 0) is 0 Å². The number of methoxy groups -OCH3 is 1. The first-order chi connectivity index (χ1) is 13.0. The highest BCUT2D eigenvalue weighted by molar-refractivity contribution is 5.60. The Balaban J connectivity index is 1.61. The fourth-order valence-corrected chi connectivity index (χ4v) is 2.74. The molecule has 2 aromatic carbocycles. The van der Waals surface area contributed by atoms with E-state index in [9.17, 15) is 4.39 Å². The van der Waals surface area contributed by atoms with Crippen molar-refractivity contribution in [2.75, 3.05) is 20.3 Å². The third kappa shape index (κ3) is 4.36. The molecule has 1 heterocycles. The van der Waals surface area contributed by atoms with Crippen molar-refractivity contribution >= 4 is 0 Å². The normalized spacial score (nSPS) is 10.7. The molecular weight excluding hydrogens is 351 g/mol. The minimum absolute atomic E-state index is 0.163. The molecule has 0 spiro atoms. The summed E-state index contributed by atoms with van der Waals surface area (Å²) in [6, 6.07) is 8.34. The van der Waals surface area contributed by atoms with Gasteiger partial charge in [0.25, 0.3) is 0 Å². The van der Waals surface area contributed by atoms with Crippen LogP contribution in [0.3, 0.4) is 0 Å². The van der Waals surface area contributed by atoms with Crippen molar-refractivity contribution in [3.05, 3.63) is 53.2 Å². The lowest BCUT2D eigenvalue weighted by molar-refractivity contribution is 0.209. The van der Waals surface area contributed by atoms with Gasteiger partial charge < -0.3 is 18.7 Å². The highest BCUT2D eigenvalue weighted by atomic mass is 19.1. The molecule has 0 amide bonds. The van der Waals surface area contributed by atoms with Crippen molar-refractivity contribution in [1.29, 1.82) is 0 Å². The van der Waals surface area contributed by atoms with Gasteiger partial charge in [-0.3, -0.25) is 0 Å². The van der Waals surface area contributed by atoms with Crippen molar-refractivity contribution in [2.24, 2.45) is 0 Å². The zero-order chi connectivity index (χ0) is 19.4. The van der Waals surface area contributed by atoms with Gasteiger partial charge in [0.1, 0.15) is 24.7 Å². The molecule has 0 aliphatic heterocycles. The van der Waals surface area contributed by atoms with Crippen LogP contribution in [0.15, 0.2) is 34.9 Å². The topological polar surface area (TPSA) is 66.6 Å². The van der Waals surface area contributed by atoms with Crippen LogP contribution in [-0.4, -0.2) is 30.5 Å². The molecule has 3 rings (SSSR count). The first kappa shape index (κ1) is 18.7. The summed E-state index contributed by atoms with van der Waals surface area (Å²) in [5.41, 5.74) is 2.76. The smallest absolute Gasteiger partial charge is 0.223 e. The summed E-state index contributed by atoms with van der Waals surface area (Å²) < 4.78 is 35.1. The van der Waals surface area contributed by atoms with Gasteiger partial charge in [-0.15, -0.1) is 0 Å². The van der Waals surface area contributed by atoms with Gasteiger partial charge in [-0.2, -0.15) is 4.98 Å². The Morgan fingerprint density at radius 3 is 2.30 bits per heavy atom. The Morgan fingerprint density at radius 1 is 1.00 bits per heavy atom. The minimum atomic E-state index is -0.471. The maximum atomic E-state index is 13.9. The molecule has 1 aromatic heterocycles. The van der Waals surface area contributed by atoms with E-state index in [1.54, 1.807) is 13.0 Å². The summed E-state index contributed by atoms with van der Waals surface area (Å²) in [4.78, 5) is 4.24. The van der Waals surface area contributed by atoms with Crippen LogP contribution >= 0.6 is 0 Å². The van der Waals surface area contributed by atoms with Gasteiger partial charge in [-0.1, -0.05) is 5.16 Å². The van der Waals surface area contributed by atoms with E-state index in [0.717, 1.165) is 22.4 Å². The maximum absolute atomic E-state index is 13.9. The fraction of sp³-hybridized carbons (Fsp3) is 0.300. The Morgan fingerprint density at radius 2 is 1.70 bits per heavy atom. The van der Waals surface area contributed by atoms with E-state index in [4.69, 9.17) is 18.7 Å². The molecule has 0 atom stereocenters. The molecule has 0 unspecified atom stereocenters. The number of ether oxygens (including phenoxy) is 3. The summed E-state index contributed by atoms with van der Waals surface area (Å²) in [7, 11) is 1.49. The van der Waals surface area contributed by atoms with Gasteiger partial charge in [-0.25, -0.2) is 4.39 Å². The SMILES string of the molecule is COc1ccc(OCCOc2c(C)cc(-c3noc(C)n3)cc2C)c(F)c1. The molecule has 0 saturated heterocycles. The quantitative estimate of drug-likeness (QED) is 0.577. The number of hydrogen-bond donors (Lipinski definition) is 0. The zero-order valence-corrected chi connectivity index (χ0v) is 15.7. The zero-order valence-electron chi connectivity index (χ0n) is 15.7. The molecule has 0 bridgehead atoms. The first-order valence-corrected chi connectivity index (χ1v) is 8.49. The largest absolute Gasteiger partial charge is 0.497 e. The second-order valence-electron chi connectivity index (χ2n) is 6.07. The number of aromatic nitrogens is 2. The predicted octanol–water partition coefficient (Wildman–Crippen LogP) is 4.27. The fourth-order valence-electron chi connectivity index (χ4n) is 2.74. The van der Waals surface area contributed by atoms with Crippen molar-refractivity contribution < 1.29 is 23.1 Å². The molecule has 0 saturated carbocycles. The highest BCUT2D eigenvalue weighted by Gasteiger charge is 2.12. The van der Waals surface area contributed by atoms with Crippen LogP contribution in [0, 0.1) is 26.6 Å². The van der Waals surface area contributed by atoms with E-state index >= 15 is 0 Å². The molecule has 3 aromatic rings. The highest BCUT2D eigenvalue weighted by Crippen LogP contribution is 2.29. The number of aryl methyl sites for hydroxylation is 3. The van der Waals surface area contributed by atoms with Crippen molar-refractivity contribution in [2.45, 2.75) is 20.8 Å². The minimum Gasteiger partial charge on any atom is -0.497 e. The van der Waals surface area contributed by atoms with E-state index in [2.05, 4.69) is 10.1 Å². The Hall–Kier alpha value is -3.09. The lowest BCUT2D eigenvalue weighted by atomic mass is 10.1. The van der Waals surface area contributed by atoms with Crippen LogP contribution in [0.5, 0.6) is 17.2 Å². The molecule has 0 radical (unpaired) electrons. The van der Waals surface area contributed by atoms with Gasteiger partial charge in [0.15, 0.2) is 11.6 Å². The number of benzene rings is 2. The van der Waals surface area contributed by atoms with E-state index in [1.165, 1.54) is 19.2 Å². The molecule has 142 valence electrons. The second-order valence-corrected chi connectivity index (χ2v) is 6.07. The number of nitrogens with zero attached hydrogens (tertiary/aromatic N) is 2. The van der Waals surface area contributed by atoms with Crippen molar-refractivity contribution in [3.63, 3.8) is 0 Å². The van der Waals surface area contributed by atoms with Crippen LogP contribution in [0.2, 0.25) is 0 Å². The standard InChI is InChI=1S/C20H21FN2O4/c1-12-9-15(20-22-14(3)27-23-20)10-13(2)19(12)26-8-7-25-18-6-5-16(24-4)11-17(18)21/h5-6,9-11H,7-8H2,1-4H3. The Bertz CT molecular complexity index is 916. The van der Waals surface area contributed by atoms with Gasteiger partial charge >= 0.3 is 0 Å².